The van der Waals surface area contributed by atoms with Crippen molar-refractivity contribution in [3.05, 3.63) is 47.0 Å². The Morgan fingerprint density at radius 3 is 2.81 bits per heavy atom. The second-order valence-corrected chi connectivity index (χ2v) is 9.17. The number of carboxylic acid groups (broad SMARTS) is 1. The van der Waals surface area contributed by atoms with E-state index in [4.69, 9.17) is 16.3 Å². The van der Waals surface area contributed by atoms with Crippen molar-refractivity contribution in [2.45, 2.75) is 25.4 Å². The molecule has 0 spiro atoms. The van der Waals surface area contributed by atoms with Gasteiger partial charge in [-0.2, -0.15) is 5.26 Å². The van der Waals surface area contributed by atoms with Crippen LogP contribution in [0.1, 0.15) is 23.7 Å². The smallest absolute Gasteiger partial charge is 0.337 e. The van der Waals surface area contributed by atoms with Gasteiger partial charge in [0.15, 0.2) is 0 Å². The van der Waals surface area contributed by atoms with Gasteiger partial charge in [-0.15, -0.1) is 0 Å². The molecule has 3 atom stereocenters. The summed E-state index contributed by atoms with van der Waals surface area (Å²) in [7, 11) is 0. The summed E-state index contributed by atoms with van der Waals surface area (Å²) in [6.07, 6.45) is 0.464. The van der Waals surface area contributed by atoms with Crippen LogP contribution in [0.25, 0.3) is 11.1 Å². The molecule has 2 amide bonds. The zero-order chi connectivity index (χ0) is 25.8. The maximum atomic E-state index is 13.0. The predicted molar refractivity (Wildman–Crippen MR) is 133 cm³/mol. The fourth-order valence-corrected chi connectivity index (χ4v) is 4.71. The number of nitrogens with zero attached hydrogens (tertiary/aromatic N) is 2. The standard InChI is InChI=1S/C25H26ClN5O5/c1-14(32)30-21-4-2-15(8-20(21)25(34)35)18-9-16(26)3-5-23(18)36-7-6-31-13-29-22-12-28-17(11-27)10-19(22)24(31)33/h2-5,8-9,17,19,22,28-29H,6-7,10,12-13H2,1H3,(H,30,32)(H,34,35). The summed E-state index contributed by atoms with van der Waals surface area (Å²) in [5.41, 5.74) is 1.26. The third-order valence-electron chi connectivity index (χ3n) is 6.32. The second kappa shape index (κ2) is 11.0. The van der Waals surface area contributed by atoms with E-state index in [2.05, 4.69) is 22.0 Å². The van der Waals surface area contributed by atoms with E-state index >= 15 is 0 Å². The van der Waals surface area contributed by atoms with Gasteiger partial charge in [-0.05, 0) is 42.3 Å². The highest BCUT2D eigenvalue weighted by Gasteiger charge is 2.40. The quantitative estimate of drug-likeness (QED) is 0.443. The minimum Gasteiger partial charge on any atom is -0.491 e. The summed E-state index contributed by atoms with van der Waals surface area (Å²) in [6.45, 7) is 2.81. The number of anilines is 1. The molecule has 2 aromatic carbocycles. The van der Waals surface area contributed by atoms with Crippen LogP contribution in [0.15, 0.2) is 36.4 Å². The van der Waals surface area contributed by atoms with Crippen LogP contribution < -0.4 is 20.7 Å². The lowest BCUT2D eigenvalue weighted by atomic mass is 9.86. The van der Waals surface area contributed by atoms with E-state index in [1.807, 2.05) is 0 Å². The summed E-state index contributed by atoms with van der Waals surface area (Å²) in [4.78, 5) is 37.9. The van der Waals surface area contributed by atoms with Crippen molar-refractivity contribution in [1.29, 1.82) is 5.26 Å². The van der Waals surface area contributed by atoms with Crippen molar-refractivity contribution in [3.63, 3.8) is 0 Å². The Kier molecular flexibility index (Phi) is 7.74. The number of amides is 2. The highest BCUT2D eigenvalue weighted by molar-refractivity contribution is 6.31. The molecule has 0 radical (unpaired) electrons. The summed E-state index contributed by atoms with van der Waals surface area (Å²) >= 11 is 6.21. The fraction of sp³-hybridized carbons (Fsp3) is 0.360. The highest BCUT2D eigenvalue weighted by Crippen LogP contribution is 2.35. The van der Waals surface area contributed by atoms with Crippen LogP contribution in [0.2, 0.25) is 5.02 Å². The van der Waals surface area contributed by atoms with Gasteiger partial charge >= 0.3 is 5.97 Å². The molecule has 11 heteroatoms. The third-order valence-corrected chi connectivity index (χ3v) is 6.56. The van der Waals surface area contributed by atoms with Crippen LogP contribution in [-0.2, 0) is 9.59 Å². The molecule has 188 valence electrons. The first-order chi connectivity index (χ1) is 17.3. The molecule has 2 saturated heterocycles. The molecule has 4 rings (SSSR count). The van der Waals surface area contributed by atoms with Gasteiger partial charge in [-0.1, -0.05) is 17.7 Å². The van der Waals surface area contributed by atoms with Gasteiger partial charge in [0, 0.05) is 30.1 Å². The average molecular weight is 512 g/mol. The fourth-order valence-electron chi connectivity index (χ4n) is 4.53. The highest BCUT2D eigenvalue weighted by atomic mass is 35.5. The Hall–Kier alpha value is -3.65. The first-order valence-electron chi connectivity index (χ1n) is 11.5. The number of hydrogen-bond donors (Lipinski definition) is 4. The minimum absolute atomic E-state index is 0.0000830. The van der Waals surface area contributed by atoms with Crippen molar-refractivity contribution < 1.29 is 24.2 Å². The largest absolute Gasteiger partial charge is 0.491 e. The zero-order valence-corrected chi connectivity index (χ0v) is 20.3. The van der Waals surface area contributed by atoms with E-state index < -0.39 is 5.97 Å². The van der Waals surface area contributed by atoms with Gasteiger partial charge < -0.3 is 25.4 Å². The Morgan fingerprint density at radius 1 is 1.28 bits per heavy atom. The van der Waals surface area contributed by atoms with E-state index in [-0.39, 0.29) is 47.7 Å². The summed E-state index contributed by atoms with van der Waals surface area (Å²) < 4.78 is 6.01. The third kappa shape index (κ3) is 5.60. The number of hydrogen-bond acceptors (Lipinski definition) is 7. The van der Waals surface area contributed by atoms with Crippen LogP contribution in [-0.4, -0.2) is 66.2 Å². The van der Waals surface area contributed by atoms with E-state index in [1.165, 1.54) is 19.1 Å². The molecule has 2 heterocycles. The molecule has 2 aliphatic rings. The number of carbonyl (C=O) groups excluding carboxylic acids is 2. The van der Waals surface area contributed by atoms with Gasteiger partial charge in [-0.3, -0.25) is 14.9 Å². The molecule has 3 unspecified atom stereocenters. The molecule has 10 nitrogen and oxygen atoms in total. The lowest BCUT2D eigenvalue weighted by Gasteiger charge is -2.42. The van der Waals surface area contributed by atoms with Crippen LogP contribution in [0.4, 0.5) is 5.69 Å². The molecular formula is C25H26ClN5O5. The van der Waals surface area contributed by atoms with Gasteiger partial charge in [0.2, 0.25) is 11.8 Å². The number of rotatable bonds is 7. The number of aromatic carboxylic acids is 1. The molecule has 36 heavy (non-hydrogen) atoms. The molecule has 2 aliphatic heterocycles. The molecule has 0 aliphatic carbocycles. The topological polar surface area (TPSA) is 144 Å². The Balaban J connectivity index is 1.48. The van der Waals surface area contributed by atoms with Crippen LogP contribution in [0, 0.1) is 17.2 Å². The van der Waals surface area contributed by atoms with Gasteiger partial charge in [0.25, 0.3) is 0 Å². The Labute approximate surface area is 213 Å². The lowest BCUT2D eigenvalue weighted by Crippen LogP contribution is -2.64. The average Bonchev–Trinajstić information content (AvgIpc) is 2.86. The van der Waals surface area contributed by atoms with Crippen molar-refractivity contribution in [3.8, 4) is 22.9 Å². The number of carbonyl (C=O) groups is 3. The number of ether oxygens (including phenoxy) is 1. The van der Waals surface area contributed by atoms with Crippen LogP contribution in [0.5, 0.6) is 5.75 Å². The van der Waals surface area contributed by atoms with E-state index in [9.17, 15) is 24.8 Å². The summed E-state index contributed by atoms with van der Waals surface area (Å²) in [5.74, 6) is -1.34. The van der Waals surface area contributed by atoms with Crippen LogP contribution >= 0.6 is 11.6 Å². The lowest BCUT2D eigenvalue weighted by molar-refractivity contribution is -0.142. The molecular weight excluding hydrogens is 486 g/mol. The molecule has 0 saturated carbocycles. The predicted octanol–water partition coefficient (Wildman–Crippen LogP) is 2.30. The zero-order valence-electron chi connectivity index (χ0n) is 19.6. The number of halogens is 1. The monoisotopic (exact) mass is 511 g/mol. The van der Waals surface area contributed by atoms with Crippen molar-refractivity contribution >= 4 is 35.1 Å². The summed E-state index contributed by atoms with van der Waals surface area (Å²) in [6, 6.07) is 11.5. The molecule has 0 bridgehead atoms. The number of benzene rings is 2. The number of fused-ring (bicyclic) bond motifs is 1. The van der Waals surface area contributed by atoms with Crippen molar-refractivity contribution in [1.82, 2.24) is 15.5 Å². The Morgan fingerprint density at radius 2 is 2.08 bits per heavy atom. The number of nitrogens with one attached hydrogen (secondary N) is 3. The first-order valence-corrected chi connectivity index (χ1v) is 11.9. The normalized spacial score (nSPS) is 21.3. The maximum Gasteiger partial charge on any atom is 0.337 e. The molecule has 2 aromatic rings. The van der Waals surface area contributed by atoms with E-state index in [0.29, 0.717) is 48.1 Å². The van der Waals surface area contributed by atoms with Crippen molar-refractivity contribution in [2.24, 2.45) is 5.92 Å². The Bertz CT molecular complexity index is 1230. The van der Waals surface area contributed by atoms with Gasteiger partial charge in [-0.25, -0.2) is 4.79 Å². The maximum absolute atomic E-state index is 13.0. The molecule has 4 N–H and O–H groups in total. The SMILES string of the molecule is CC(=O)Nc1ccc(-c2cc(Cl)ccc2OCCN2CNC3CNC(C#N)CC3C2=O)cc1C(=O)O. The second-order valence-electron chi connectivity index (χ2n) is 8.74. The first kappa shape index (κ1) is 25.4. The van der Waals surface area contributed by atoms with Gasteiger partial charge in [0.05, 0.1) is 42.5 Å². The molecule has 0 aromatic heterocycles. The van der Waals surface area contributed by atoms with E-state index in [1.54, 1.807) is 29.2 Å². The number of piperidine rings is 1. The molecule has 2 fully saturated rings. The van der Waals surface area contributed by atoms with Gasteiger partial charge in [0.1, 0.15) is 12.4 Å². The van der Waals surface area contributed by atoms with Crippen LogP contribution in [0.3, 0.4) is 0 Å². The number of nitriles is 1. The van der Waals surface area contributed by atoms with Crippen molar-refractivity contribution in [2.75, 3.05) is 31.7 Å². The number of carboxylic acids is 1. The minimum atomic E-state index is -1.18. The summed E-state index contributed by atoms with van der Waals surface area (Å²) in [5, 5.41) is 28.3. The van der Waals surface area contributed by atoms with E-state index in [0.717, 1.165) is 0 Å².